The molecule has 0 fully saturated rings. The van der Waals surface area contributed by atoms with Crippen molar-refractivity contribution in [1.82, 2.24) is 8.97 Å². The van der Waals surface area contributed by atoms with E-state index in [4.69, 9.17) is 0 Å². The summed E-state index contributed by atoms with van der Waals surface area (Å²) in [6.45, 7) is 0. The molecule has 3 nitrogen and oxygen atoms in total. The predicted octanol–water partition coefficient (Wildman–Crippen LogP) is 17.3. The standard InChI is InChI=1S/C68H38N2OS/c71-67-49-31-29-40(39-15-2-1-3-16-39)33-51(49)47-22-14-23-48-53-34-41(30-32-61(53)70(67)66(47)48)50-35-55-46-21-8-13-28-64(46)72-65(55)38-63(50)69-60-27-12-7-20-45(60)54-36-59-52(37-62(54)69)44-19-6-11-26-58(44)68(59)56-24-9-4-17-42(56)43-18-5-10-25-57(43)68/h1-38H. The molecule has 0 amide bonds. The second-order valence-corrected chi connectivity index (χ2v) is 20.9. The van der Waals surface area contributed by atoms with E-state index >= 15 is 0 Å². The SMILES string of the molecule is O=c1c2ccc(-c3ccccc3)cc2c2cccc3c4cc(-c5cc6c(cc5-n5c7ccccc7c7cc8c(cc75)-c5ccccc5C85c7ccccc7-c7ccccc75)sc5ccccc56)ccc4n1c23. The van der Waals surface area contributed by atoms with E-state index in [1.165, 1.54) is 86.5 Å². The highest BCUT2D eigenvalue weighted by Gasteiger charge is 2.51. The third kappa shape index (κ3) is 4.78. The number of rotatable bonds is 3. The van der Waals surface area contributed by atoms with Gasteiger partial charge in [0.15, 0.2) is 0 Å². The summed E-state index contributed by atoms with van der Waals surface area (Å²) < 4.78 is 7.02. The Morgan fingerprint density at radius 2 is 0.931 bits per heavy atom. The van der Waals surface area contributed by atoms with E-state index < -0.39 is 5.41 Å². The molecule has 17 rings (SSSR count). The Morgan fingerprint density at radius 3 is 1.71 bits per heavy atom. The Kier molecular flexibility index (Phi) is 7.43. The molecule has 2 aliphatic carbocycles. The molecule has 0 aliphatic heterocycles. The molecule has 0 unspecified atom stereocenters. The Hall–Kier alpha value is -9.09. The fourth-order valence-corrected chi connectivity index (χ4v) is 14.7. The van der Waals surface area contributed by atoms with Gasteiger partial charge in [0.05, 0.1) is 33.2 Å². The lowest BCUT2D eigenvalue weighted by Crippen LogP contribution is -2.25. The van der Waals surface area contributed by atoms with Crippen molar-refractivity contribution in [3.63, 3.8) is 0 Å². The third-order valence-corrected chi connectivity index (χ3v) is 17.6. The summed E-state index contributed by atoms with van der Waals surface area (Å²) in [5, 5.41) is 9.88. The fourth-order valence-electron chi connectivity index (χ4n) is 13.5. The molecule has 0 saturated heterocycles. The quantitative estimate of drug-likeness (QED) is 0.162. The van der Waals surface area contributed by atoms with E-state index in [1.54, 1.807) is 0 Å². The highest BCUT2D eigenvalue weighted by molar-refractivity contribution is 7.25. The molecule has 72 heavy (non-hydrogen) atoms. The number of aromatic nitrogens is 2. The number of hydrogen-bond donors (Lipinski definition) is 0. The van der Waals surface area contributed by atoms with Crippen LogP contribution in [0.25, 0.3) is 130 Å². The molecule has 4 aromatic heterocycles. The number of benzene rings is 11. The van der Waals surface area contributed by atoms with Gasteiger partial charge in [-0.1, -0.05) is 170 Å². The first-order valence-electron chi connectivity index (χ1n) is 24.8. The maximum atomic E-state index is 14.8. The molecule has 0 atom stereocenters. The topological polar surface area (TPSA) is 26.4 Å². The van der Waals surface area contributed by atoms with Crippen LogP contribution in [0.15, 0.2) is 235 Å². The minimum atomic E-state index is -0.444. The van der Waals surface area contributed by atoms with Crippen molar-refractivity contribution in [3.05, 3.63) is 263 Å². The zero-order valence-corrected chi connectivity index (χ0v) is 39.5. The zero-order valence-electron chi connectivity index (χ0n) is 38.7. The summed E-state index contributed by atoms with van der Waals surface area (Å²) >= 11 is 1.86. The molecule has 0 bridgehead atoms. The molecular weight excluding hydrogens is 893 g/mol. The van der Waals surface area contributed by atoms with Gasteiger partial charge in [-0.3, -0.25) is 9.20 Å². The van der Waals surface area contributed by atoms with E-state index in [0.717, 1.165) is 65.9 Å². The van der Waals surface area contributed by atoms with E-state index in [1.807, 2.05) is 27.9 Å². The number of pyridine rings is 1. The number of fused-ring (bicyclic) bond motifs is 21. The van der Waals surface area contributed by atoms with Crippen LogP contribution in [0.5, 0.6) is 0 Å². The molecular formula is C68H38N2OS. The van der Waals surface area contributed by atoms with Crippen LogP contribution in [0.1, 0.15) is 22.3 Å². The largest absolute Gasteiger partial charge is 0.309 e. The summed E-state index contributed by atoms with van der Waals surface area (Å²) in [5.41, 5.74) is 19.9. The molecule has 0 N–H and O–H groups in total. The molecule has 11 aromatic carbocycles. The van der Waals surface area contributed by atoms with Crippen molar-refractivity contribution in [3.8, 4) is 50.2 Å². The summed E-state index contributed by atoms with van der Waals surface area (Å²) in [5.74, 6) is 0. The molecule has 15 aromatic rings. The van der Waals surface area contributed by atoms with Crippen molar-refractivity contribution < 1.29 is 0 Å². The first kappa shape index (κ1) is 38.7. The Bertz CT molecular complexity index is 4910. The summed E-state index contributed by atoms with van der Waals surface area (Å²) in [6, 6.07) is 84.9. The maximum absolute atomic E-state index is 14.8. The van der Waals surface area contributed by atoms with Gasteiger partial charge in [-0.05, 0) is 127 Å². The molecule has 0 radical (unpaired) electrons. The van der Waals surface area contributed by atoms with Gasteiger partial charge in [-0.2, -0.15) is 0 Å². The zero-order chi connectivity index (χ0) is 47.0. The van der Waals surface area contributed by atoms with Crippen molar-refractivity contribution >= 4 is 91.3 Å². The first-order valence-corrected chi connectivity index (χ1v) is 25.6. The van der Waals surface area contributed by atoms with Crippen molar-refractivity contribution in [1.29, 1.82) is 0 Å². The first-order chi connectivity index (χ1) is 35.6. The lowest BCUT2D eigenvalue weighted by Gasteiger charge is -2.30. The van der Waals surface area contributed by atoms with Gasteiger partial charge in [0.1, 0.15) is 0 Å². The van der Waals surface area contributed by atoms with Crippen LogP contribution >= 0.6 is 11.3 Å². The van der Waals surface area contributed by atoms with Crippen molar-refractivity contribution in [2.24, 2.45) is 0 Å². The van der Waals surface area contributed by atoms with Gasteiger partial charge in [-0.15, -0.1) is 11.3 Å². The number of para-hydroxylation sites is 2. The summed E-state index contributed by atoms with van der Waals surface area (Å²) in [4.78, 5) is 14.8. The summed E-state index contributed by atoms with van der Waals surface area (Å²) in [6.07, 6.45) is 0. The number of hydrogen-bond acceptors (Lipinski definition) is 2. The van der Waals surface area contributed by atoms with Crippen LogP contribution in [0.4, 0.5) is 0 Å². The average Bonchev–Trinajstić information content (AvgIpc) is 4.23. The molecule has 4 heterocycles. The van der Waals surface area contributed by atoms with Crippen molar-refractivity contribution in [2.45, 2.75) is 5.41 Å². The fraction of sp³-hybridized carbons (Fsp3) is 0.0147. The van der Waals surface area contributed by atoms with Crippen LogP contribution in [0.3, 0.4) is 0 Å². The van der Waals surface area contributed by atoms with Crippen LogP contribution in [0.2, 0.25) is 0 Å². The monoisotopic (exact) mass is 930 g/mol. The van der Waals surface area contributed by atoms with E-state index in [-0.39, 0.29) is 5.56 Å². The highest BCUT2D eigenvalue weighted by atomic mass is 32.1. The van der Waals surface area contributed by atoms with E-state index in [0.29, 0.717) is 0 Å². The molecule has 4 heteroatoms. The average molecular weight is 931 g/mol. The molecule has 0 saturated carbocycles. The Labute approximate surface area is 416 Å². The van der Waals surface area contributed by atoms with Crippen LogP contribution < -0.4 is 5.56 Å². The Balaban J connectivity index is 0.956. The van der Waals surface area contributed by atoms with Crippen LogP contribution in [-0.4, -0.2) is 8.97 Å². The summed E-state index contributed by atoms with van der Waals surface area (Å²) in [7, 11) is 0. The Morgan fingerprint density at radius 1 is 0.319 bits per heavy atom. The lowest BCUT2D eigenvalue weighted by atomic mass is 9.70. The number of nitrogens with zero attached hydrogens (tertiary/aromatic N) is 2. The van der Waals surface area contributed by atoms with E-state index in [9.17, 15) is 4.79 Å². The second-order valence-electron chi connectivity index (χ2n) is 19.8. The van der Waals surface area contributed by atoms with Gasteiger partial charge in [-0.25, -0.2) is 0 Å². The van der Waals surface area contributed by atoms with Gasteiger partial charge in [0, 0.05) is 58.1 Å². The number of thiophene rings is 1. The van der Waals surface area contributed by atoms with E-state index in [2.05, 4.69) is 223 Å². The van der Waals surface area contributed by atoms with Gasteiger partial charge in [0.25, 0.3) is 5.56 Å². The highest BCUT2D eigenvalue weighted by Crippen LogP contribution is 2.63. The van der Waals surface area contributed by atoms with Gasteiger partial charge >= 0.3 is 0 Å². The molecule has 1 spiro atoms. The normalized spacial score (nSPS) is 13.4. The smallest absolute Gasteiger partial charge is 0.263 e. The van der Waals surface area contributed by atoms with Gasteiger partial charge in [0.2, 0.25) is 0 Å². The maximum Gasteiger partial charge on any atom is 0.263 e. The molecule has 332 valence electrons. The molecule has 2 aliphatic rings. The third-order valence-electron chi connectivity index (χ3n) is 16.5. The predicted molar refractivity (Wildman–Crippen MR) is 302 cm³/mol. The minimum Gasteiger partial charge on any atom is -0.309 e. The van der Waals surface area contributed by atoms with Gasteiger partial charge < -0.3 is 4.57 Å². The minimum absolute atomic E-state index is 0.00802. The van der Waals surface area contributed by atoms with Crippen LogP contribution in [-0.2, 0) is 5.41 Å². The van der Waals surface area contributed by atoms with Crippen molar-refractivity contribution in [2.75, 3.05) is 0 Å². The van der Waals surface area contributed by atoms with Crippen LogP contribution in [0, 0.1) is 0 Å². The lowest BCUT2D eigenvalue weighted by molar-refractivity contribution is 0.795. The second kappa shape index (κ2) is 13.8.